The lowest BCUT2D eigenvalue weighted by Crippen LogP contribution is -2.45. The molecule has 1 heterocycles. The van der Waals surface area contributed by atoms with E-state index in [4.69, 9.17) is 0 Å². The molecule has 150 valence electrons. The number of halogens is 6. The average Bonchev–Trinajstić information content (AvgIpc) is 2.57. The quantitative estimate of drug-likeness (QED) is 0.429. The number of nitrogens with zero attached hydrogens (tertiary/aromatic N) is 1. The van der Waals surface area contributed by atoms with Crippen LogP contribution in [0.15, 0.2) is 24.3 Å². The zero-order valence-corrected chi connectivity index (χ0v) is 14.2. The number of rotatable bonds is 2. The van der Waals surface area contributed by atoms with Gasteiger partial charge in [0.05, 0.1) is 11.6 Å². The van der Waals surface area contributed by atoms with Crippen molar-refractivity contribution in [2.75, 3.05) is 13.2 Å². The first kappa shape index (κ1) is 21.0. The van der Waals surface area contributed by atoms with Crippen LogP contribution in [0.4, 0.5) is 26.3 Å². The molecule has 1 fully saturated rings. The largest absolute Gasteiger partial charge is 0.449 e. The standard InChI is InChI=1S/C17H17F6NO3/c1-10-2-7-13(11-3-5-12(6-4-11)17(21,22)23)24(8-10)14(25)15(26)27-9-16(18,19)20/h3-6,10,13H,2,7-9H2,1H3. The molecule has 27 heavy (non-hydrogen) atoms. The van der Waals surface area contributed by atoms with Crippen molar-refractivity contribution in [2.45, 2.75) is 38.2 Å². The van der Waals surface area contributed by atoms with E-state index < -0.39 is 42.4 Å². The lowest BCUT2D eigenvalue weighted by molar-refractivity contribution is -0.190. The summed E-state index contributed by atoms with van der Waals surface area (Å²) in [5, 5.41) is 0. The van der Waals surface area contributed by atoms with E-state index in [0.29, 0.717) is 18.4 Å². The van der Waals surface area contributed by atoms with Crippen LogP contribution in [-0.2, 0) is 20.5 Å². The summed E-state index contributed by atoms with van der Waals surface area (Å²) < 4.78 is 78.6. The molecular formula is C17H17F6NO3. The van der Waals surface area contributed by atoms with E-state index in [1.165, 1.54) is 12.1 Å². The number of ether oxygens (including phenoxy) is 1. The van der Waals surface area contributed by atoms with Gasteiger partial charge in [-0.2, -0.15) is 26.3 Å². The van der Waals surface area contributed by atoms with Gasteiger partial charge in [-0.1, -0.05) is 19.1 Å². The summed E-state index contributed by atoms with van der Waals surface area (Å²) in [7, 11) is 0. The van der Waals surface area contributed by atoms with Gasteiger partial charge in [0.1, 0.15) is 0 Å². The number of amides is 1. The molecular weight excluding hydrogens is 380 g/mol. The van der Waals surface area contributed by atoms with Gasteiger partial charge in [-0.05, 0) is 36.5 Å². The minimum absolute atomic E-state index is 0.0185. The molecule has 1 amide bonds. The van der Waals surface area contributed by atoms with Crippen molar-refractivity contribution in [3.63, 3.8) is 0 Å². The third-order valence-corrected chi connectivity index (χ3v) is 4.24. The van der Waals surface area contributed by atoms with Crippen LogP contribution in [0.2, 0.25) is 0 Å². The molecule has 0 aromatic heterocycles. The molecule has 1 aliphatic rings. The van der Waals surface area contributed by atoms with Gasteiger partial charge >= 0.3 is 24.2 Å². The third-order valence-electron chi connectivity index (χ3n) is 4.24. The molecule has 1 aliphatic heterocycles. The van der Waals surface area contributed by atoms with Crippen molar-refractivity contribution < 1.29 is 40.7 Å². The second-order valence-corrected chi connectivity index (χ2v) is 6.47. The molecule has 2 atom stereocenters. The van der Waals surface area contributed by atoms with Gasteiger partial charge in [0, 0.05) is 6.54 Å². The van der Waals surface area contributed by atoms with Crippen molar-refractivity contribution >= 4 is 11.9 Å². The number of piperidine rings is 1. The topological polar surface area (TPSA) is 46.6 Å². The maximum absolute atomic E-state index is 12.7. The second kappa shape index (κ2) is 7.77. The molecule has 0 N–H and O–H groups in total. The van der Waals surface area contributed by atoms with Gasteiger partial charge < -0.3 is 9.64 Å². The molecule has 10 heteroatoms. The molecule has 0 spiro atoms. The van der Waals surface area contributed by atoms with Crippen LogP contribution in [0.25, 0.3) is 0 Å². The second-order valence-electron chi connectivity index (χ2n) is 6.47. The summed E-state index contributed by atoms with van der Waals surface area (Å²) in [5.41, 5.74) is -0.496. The van der Waals surface area contributed by atoms with Crippen molar-refractivity contribution in [3.05, 3.63) is 35.4 Å². The van der Waals surface area contributed by atoms with Gasteiger partial charge in [0.25, 0.3) is 0 Å². The van der Waals surface area contributed by atoms with Crippen molar-refractivity contribution in [1.82, 2.24) is 4.90 Å². The Labute approximate surface area is 151 Å². The summed E-state index contributed by atoms with van der Waals surface area (Å²) in [5.74, 6) is -2.90. The van der Waals surface area contributed by atoms with Crippen LogP contribution in [-0.4, -0.2) is 36.1 Å². The van der Waals surface area contributed by atoms with E-state index in [9.17, 15) is 35.9 Å². The summed E-state index contributed by atoms with van der Waals surface area (Å²) in [6.07, 6.45) is -8.27. The number of benzene rings is 1. The first-order chi connectivity index (χ1) is 12.4. The Kier molecular flexibility index (Phi) is 6.06. The predicted octanol–water partition coefficient (Wildman–Crippen LogP) is 4.11. The van der Waals surface area contributed by atoms with E-state index in [0.717, 1.165) is 17.0 Å². The number of hydrogen-bond acceptors (Lipinski definition) is 3. The lowest BCUT2D eigenvalue weighted by atomic mass is 9.89. The number of alkyl halides is 6. The SMILES string of the molecule is CC1CCC(c2ccc(C(F)(F)F)cc2)N(C(=O)C(=O)OCC(F)(F)F)C1. The van der Waals surface area contributed by atoms with E-state index >= 15 is 0 Å². The van der Waals surface area contributed by atoms with Crippen molar-refractivity contribution in [2.24, 2.45) is 5.92 Å². The highest BCUT2D eigenvalue weighted by Crippen LogP contribution is 2.35. The molecule has 4 nitrogen and oxygen atoms in total. The third kappa shape index (κ3) is 5.61. The highest BCUT2D eigenvalue weighted by Gasteiger charge is 2.38. The lowest BCUT2D eigenvalue weighted by Gasteiger charge is -2.38. The average molecular weight is 397 g/mol. The molecule has 1 saturated heterocycles. The zero-order valence-electron chi connectivity index (χ0n) is 14.2. The minimum Gasteiger partial charge on any atom is -0.449 e. The molecule has 1 aromatic rings. The Morgan fingerprint density at radius 3 is 2.19 bits per heavy atom. The van der Waals surface area contributed by atoms with Gasteiger partial charge in [0.15, 0.2) is 6.61 Å². The van der Waals surface area contributed by atoms with Crippen LogP contribution in [0.3, 0.4) is 0 Å². The fourth-order valence-corrected chi connectivity index (χ4v) is 2.94. The summed E-state index contributed by atoms with van der Waals surface area (Å²) in [4.78, 5) is 25.0. The summed E-state index contributed by atoms with van der Waals surface area (Å²) >= 11 is 0. The Hall–Kier alpha value is -2.26. The predicted molar refractivity (Wildman–Crippen MR) is 81.3 cm³/mol. The molecule has 0 bridgehead atoms. The Bertz CT molecular complexity index is 683. The van der Waals surface area contributed by atoms with Gasteiger partial charge in [-0.15, -0.1) is 0 Å². The van der Waals surface area contributed by atoms with Gasteiger partial charge in [0.2, 0.25) is 0 Å². The Morgan fingerprint density at radius 2 is 1.67 bits per heavy atom. The van der Waals surface area contributed by atoms with E-state index in [1.54, 1.807) is 6.92 Å². The zero-order chi connectivity index (χ0) is 20.4. The number of carbonyl (C=O) groups is 2. The van der Waals surface area contributed by atoms with Crippen LogP contribution in [0, 0.1) is 5.92 Å². The number of likely N-dealkylation sites (tertiary alicyclic amines) is 1. The fraction of sp³-hybridized carbons (Fsp3) is 0.529. The normalized spacial score (nSPS) is 21.1. The maximum Gasteiger partial charge on any atom is 0.422 e. The Morgan fingerprint density at radius 1 is 1.07 bits per heavy atom. The first-order valence-electron chi connectivity index (χ1n) is 8.10. The monoisotopic (exact) mass is 397 g/mol. The van der Waals surface area contributed by atoms with Crippen molar-refractivity contribution in [1.29, 1.82) is 0 Å². The summed E-state index contributed by atoms with van der Waals surface area (Å²) in [6.45, 7) is 0.00184. The number of carbonyl (C=O) groups excluding carboxylic acids is 2. The smallest absolute Gasteiger partial charge is 0.422 e. The fourth-order valence-electron chi connectivity index (χ4n) is 2.94. The minimum atomic E-state index is -4.77. The van der Waals surface area contributed by atoms with E-state index in [2.05, 4.69) is 4.74 Å². The Balaban J connectivity index is 2.19. The molecule has 1 aromatic carbocycles. The number of esters is 1. The molecule has 0 saturated carbocycles. The molecule has 0 aliphatic carbocycles. The van der Waals surface area contributed by atoms with Gasteiger partial charge in [-0.3, -0.25) is 4.79 Å². The van der Waals surface area contributed by atoms with E-state index in [-0.39, 0.29) is 12.5 Å². The summed E-state index contributed by atoms with van der Waals surface area (Å²) in [6, 6.07) is 3.40. The highest BCUT2D eigenvalue weighted by atomic mass is 19.4. The molecule has 0 radical (unpaired) electrons. The van der Waals surface area contributed by atoms with Crippen molar-refractivity contribution in [3.8, 4) is 0 Å². The van der Waals surface area contributed by atoms with Crippen LogP contribution in [0.5, 0.6) is 0 Å². The first-order valence-corrected chi connectivity index (χ1v) is 8.10. The molecule has 2 rings (SSSR count). The van der Waals surface area contributed by atoms with Crippen LogP contribution in [0.1, 0.15) is 36.9 Å². The van der Waals surface area contributed by atoms with E-state index in [1.807, 2.05) is 0 Å². The molecule has 2 unspecified atom stereocenters. The van der Waals surface area contributed by atoms with Crippen LogP contribution < -0.4 is 0 Å². The highest BCUT2D eigenvalue weighted by molar-refractivity contribution is 6.32. The van der Waals surface area contributed by atoms with Crippen LogP contribution >= 0.6 is 0 Å². The number of hydrogen-bond donors (Lipinski definition) is 0. The maximum atomic E-state index is 12.7. The van der Waals surface area contributed by atoms with Gasteiger partial charge in [-0.25, -0.2) is 4.79 Å².